The Labute approximate surface area is 243 Å². The number of hydrogen-bond donors (Lipinski definition) is 3. The van der Waals surface area contributed by atoms with Crippen LogP contribution < -0.4 is 10.6 Å². The van der Waals surface area contributed by atoms with Gasteiger partial charge in [0.2, 0.25) is 0 Å². The first-order valence-corrected chi connectivity index (χ1v) is 13.3. The number of carboxylic acids is 1. The Hall–Kier alpha value is -3.63. The highest BCUT2D eigenvalue weighted by molar-refractivity contribution is 5.98. The molecule has 41 heavy (non-hydrogen) atoms. The third kappa shape index (κ3) is 16.3. The Morgan fingerprint density at radius 3 is 1.41 bits per heavy atom. The van der Waals surface area contributed by atoms with Gasteiger partial charge in [0.05, 0.1) is 0 Å². The van der Waals surface area contributed by atoms with Crippen LogP contribution in [0.4, 0.5) is 9.59 Å². The van der Waals surface area contributed by atoms with Crippen molar-refractivity contribution < 1.29 is 43.3 Å². The molecule has 2 atom stereocenters. The second-order valence-corrected chi connectivity index (χ2v) is 13.6. The van der Waals surface area contributed by atoms with Gasteiger partial charge in [-0.2, -0.15) is 0 Å². The largest absolute Gasteiger partial charge is 0.480 e. The van der Waals surface area contributed by atoms with Crippen LogP contribution in [0.15, 0.2) is 30.3 Å². The van der Waals surface area contributed by atoms with E-state index in [1.807, 2.05) is 0 Å². The number of aliphatic carboxylic acids is 1. The highest BCUT2D eigenvalue weighted by atomic mass is 16.6. The van der Waals surface area contributed by atoms with Crippen LogP contribution in [0.1, 0.15) is 93.4 Å². The third-order valence-corrected chi connectivity index (χ3v) is 4.98. The van der Waals surface area contributed by atoms with E-state index in [1.54, 1.807) is 113 Å². The van der Waals surface area contributed by atoms with E-state index >= 15 is 0 Å². The van der Waals surface area contributed by atoms with E-state index in [0.717, 1.165) is 0 Å². The summed E-state index contributed by atoms with van der Waals surface area (Å²) in [7, 11) is 0. The fourth-order valence-electron chi connectivity index (χ4n) is 3.06. The van der Waals surface area contributed by atoms with Crippen LogP contribution in [0.2, 0.25) is 0 Å². The van der Waals surface area contributed by atoms with E-state index in [4.69, 9.17) is 19.3 Å². The first-order valence-electron chi connectivity index (χ1n) is 13.3. The molecule has 1 aromatic carbocycles. The number of amides is 2. The van der Waals surface area contributed by atoms with E-state index in [1.165, 1.54) is 0 Å². The number of ether oxygens (including phenoxy) is 3. The highest BCUT2D eigenvalue weighted by Crippen LogP contribution is 2.22. The van der Waals surface area contributed by atoms with Crippen molar-refractivity contribution in [2.24, 2.45) is 10.8 Å². The number of hydrogen-bond acceptors (Lipinski definition) is 8. The fraction of sp³-hybridized carbons (Fsp3) is 0.633. The van der Waals surface area contributed by atoms with Crippen molar-refractivity contribution in [1.82, 2.24) is 10.6 Å². The van der Waals surface area contributed by atoms with Gasteiger partial charge in [-0.1, -0.05) is 71.9 Å². The van der Waals surface area contributed by atoms with Gasteiger partial charge in [0.25, 0.3) is 0 Å². The first-order chi connectivity index (χ1) is 18.3. The molecular weight excluding hydrogens is 532 g/mol. The molecule has 0 aliphatic carbocycles. The molecule has 0 heterocycles. The standard InChI is InChI=1S/C19H27NO5.C11H21NO4/c1-18(2,3)15(20-17(23)25-19(4,5)6)16(22)24-12-14(21)13-10-8-7-9-11-13;1-10(2,3)7(8(13)14)12-9(15)16-11(4,5)6/h7-11,15H,12H2,1-6H3,(H,20,23);7H,1-6H3,(H,12,15)(H,13,14)/t15-;7-/m00/s1. The average molecular weight is 581 g/mol. The Morgan fingerprint density at radius 2 is 1.07 bits per heavy atom. The molecule has 0 saturated carbocycles. The lowest BCUT2D eigenvalue weighted by Crippen LogP contribution is -2.51. The summed E-state index contributed by atoms with van der Waals surface area (Å²) in [6.45, 7) is 20.6. The van der Waals surface area contributed by atoms with Crippen molar-refractivity contribution in [3.05, 3.63) is 35.9 Å². The Bertz CT molecular complexity index is 1040. The van der Waals surface area contributed by atoms with Gasteiger partial charge < -0.3 is 30.0 Å². The molecule has 0 aromatic heterocycles. The Kier molecular flexibility index (Phi) is 13.5. The number of alkyl carbamates (subject to hydrolysis) is 2. The SMILES string of the molecule is CC(C)(C)OC(=O)N[C@@H](C(=O)O)C(C)(C)C.CC(C)(C)OC(=O)N[C@@H](C(=O)OCC(=O)c1ccccc1)C(C)(C)C. The van der Waals surface area contributed by atoms with Crippen molar-refractivity contribution >= 4 is 29.9 Å². The van der Waals surface area contributed by atoms with Crippen molar-refractivity contribution in [3.63, 3.8) is 0 Å². The van der Waals surface area contributed by atoms with Crippen molar-refractivity contribution in [1.29, 1.82) is 0 Å². The van der Waals surface area contributed by atoms with Gasteiger partial charge >= 0.3 is 24.1 Å². The van der Waals surface area contributed by atoms with Gasteiger partial charge in [-0.3, -0.25) is 4.79 Å². The van der Waals surface area contributed by atoms with Crippen molar-refractivity contribution in [2.45, 2.75) is 106 Å². The molecular formula is C30H48N2O9. The molecule has 0 bridgehead atoms. The van der Waals surface area contributed by atoms with Gasteiger partial charge in [-0.25, -0.2) is 19.2 Å². The van der Waals surface area contributed by atoms with Gasteiger partial charge in [-0.05, 0) is 52.4 Å². The average Bonchev–Trinajstić information content (AvgIpc) is 2.76. The number of carbonyl (C=O) groups excluding carboxylic acids is 4. The second kappa shape index (κ2) is 14.8. The normalized spacial score (nSPS) is 13.4. The summed E-state index contributed by atoms with van der Waals surface area (Å²) in [5.74, 6) is -2.06. The number of carboxylic acid groups (broad SMARTS) is 1. The molecule has 0 aliphatic heterocycles. The lowest BCUT2D eigenvalue weighted by Gasteiger charge is -2.30. The molecule has 0 fully saturated rings. The predicted molar refractivity (Wildman–Crippen MR) is 155 cm³/mol. The van der Waals surface area contributed by atoms with Crippen LogP contribution in [0.3, 0.4) is 0 Å². The number of Topliss-reactive ketones (excluding diaryl/α,β-unsaturated/α-hetero) is 1. The minimum atomic E-state index is -1.07. The summed E-state index contributed by atoms with van der Waals surface area (Å²) in [4.78, 5) is 58.8. The maximum absolute atomic E-state index is 12.4. The number of carbonyl (C=O) groups is 5. The zero-order valence-electron chi connectivity index (χ0n) is 26.5. The van der Waals surface area contributed by atoms with Crippen LogP contribution in [-0.4, -0.2) is 64.9 Å². The van der Waals surface area contributed by atoms with Gasteiger partial charge in [0.1, 0.15) is 23.3 Å². The van der Waals surface area contributed by atoms with Crippen LogP contribution in [0, 0.1) is 10.8 Å². The van der Waals surface area contributed by atoms with Crippen LogP contribution in [0.5, 0.6) is 0 Å². The molecule has 0 aliphatic rings. The van der Waals surface area contributed by atoms with E-state index in [2.05, 4.69) is 10.6 Å². The molecule has 11 nitrogen and oxygen atoms in total. The number of nitrogens with one attached hydrogen (secondary N) is 2. The summed E-state index contributed by atoms with van der Waals surface area (Å²) in [5, 5.41) is 13.9. The number of ketones is 1. The maximum Gasteiger partial charge on any atom is 0.408 e. The van der Waals surface area contributed by atoms with Crippen LogP contribution >= 0.6 is 0 Å². The Morgan fingerprint density at radius 1 is 0.683 bits per heavy atom. The molecule has 1 rings (SSSR count). The summed E-state index contributed by atoms with van der Waals surface area (Å²) >= 11 is 0. The lowest BCUT2D eigenvalue weighted by molar-refractivity contribution is -0.148. The number of rotatable bonds is 7. The summed E-state index contributed by atoms with van der Waals surface area (Å²) in [5.41, 5.74) is -2.03. The minimum absolute atomic E-state index is 0.307. The molecule has 0 unspecified atom stereocenters. The molecule has 11 heteroatoms. The smallest absolute Gasteiger partial charge is 0.408 e. The minimum Gasteiger partial charge on any atom is -0.480 e. The van der Waals surface area contributed by atoms with E-state index in [9.17, 15) is 24.0 Å². The summed E-state index contributed by atoms with van der Waals surface area (Å²) in [6.07, 6.45) is -1.42. The van der Waals surface area contributed by atoms with E-state index in [-0.39, 0.29) is 12.4 Å². The molecule has 2 amide bonds. The molecule has 0 saturated heterocycles. The van der Waals surface area contributed by atoms with Gasteiger partial charge in [0.15, 0.2) is 12.4 Å². The first kappa shape index (κ1) is 37.4. The van der Waals surface area contributed by atoms with Crippen molar-refractivity contribution in [3.8, 4) is 0 Å². The molecule has 0 radical (unpaired) electrons. The topological polar surface area (TPSA) is 157 Å². The van der Waals surface area contributed by atoms with Crippen LogP contribution in [0.25, 0.3) is 0 Å². The monoisotopic (exact) mass is 580 g/mol. The zero-order valence-corrected chi connectivity index (χ0v) is 26.5. The lowest BCUT2D eigenvalue weighted by atomic mass is 9.87. The predicted octanol–water partition coefficient (Wildman–Crippen LogP) is 5.36. The quantitative estimate of drug-likeness (QED) is 0.219. The molecule has 1 aromatic rings. The summed E-state index contributed by atoms with van der Waals surface area (Å²) < 4.78 is 15.3. The number of esters is 1. The second-order valence-electron chi connectivity index (χ2n) is 13.6. The molecule has 0 spiro atoms. The van der Waals surface area contributed by atoms with Gasteiger partial charge in [-0.15, -0.1) is 0 Å². The summed E-state index contributed by atoms with van der Waals surface area (Å²) in [6, 6.07) is 6.65. The van der Waals surface area contributed by atoms with E-state index < -0.39 is 58.2 Å². The maximum atomic E-state index is 12.4. The number of benzene rings is 1. The van der Waals surface area contributed by atoms with Gasteiger partial charge in [0, 0.05) is 5.56 Å². The fourth-order valence-corrected chi connectivity index (χ4v) is 3.06. The van der Waals surface area contributed by atoms with Crippen LogP contribution in [-0.2, 0) is 23.8 Å². The molecule has 3 N–H and O–H groups in total. The zero-order chi connectivity index (χ0) is 32.4. The molecule has 232 valence electrons. The van der Waals surface area contributed by atoms with E-state index in [0.29, 0.717) is 5.56 Å². The third-order valence-electron chi connectivity index (χ3n) is 4.98. The van der Waals surface area contributed by atoms with Crippen molar-refractivity contribution in [2.75, 3.05) is 6.61 Å². The highest BCUT2D eigenvalue weighted by Gasteiger charge is 2.36. The Balaban J connectivity index is 0.000000865.